The number of para-hydroxylation sites is 1. The maximum absolute atomic E-state index is 12.1. The number of thioether (sulfide) groups is 1. The number of carbonyl (C=O) groups excluding carboxylic acids is 1. The molecule has 25 heavy (non-hydrogen) atoms. The lowest BCUT2D eigenvalue weighted by Gasteiger charge is -2.28. The third kappa shape index (κ3) is 4.13. The summed E-state index contributed by atoms with van der Waals surface area (Å²) < 4.78 is 7.46. The first-order chi connectivity index (χ1) is 12.2. The van der Waals surface area contributed by atoms with E-state index in [0.29, 0.717) is 24.9 Å². The molecule has 1 N–H and O–H groups in total. The van der Waals surface area contributed by atoms with Gasteiger partial charge in [0.2, 0.25) is 11.9 Å². The second kappa shape index (κ2) is 8.35. The lowest BCUT2D eigenvalue weighted by Crippen LogP contribution is -2.38. The molecule has 0 radical (unpaired) electrons. The molecule has 1 aromatic carbocycles. The van der Waals surface area contributed by atoms with Crippen LogP contribution in [0.15, 0.2) is 35.5 Å². The quantitative estimate of drug-likeness (QED) is 0.790. The summed E-state index contributed by atoms with van der Waals surface area (Å²) >= 11 is 1.42. The normalized spacial score (nSPS) is 15.8. The van der Waals surface area contributed by atoms with Crippen LogP contribution in [-0.2, 0) is 9.53 Å². The number of hydrogen-bond acceptors (Lipinski definition) is 6. The van der Waals surface area contributed by atoms with Crippen molar-refractivity contribution in [3.05, 3.63) is 30.3 Å². The Balaban J connectivity index is 1.92. The van der Waals surface area contributed by atoms with Crippen LogP contribution in [0.4, 0.5) is 5.95 Å². The molecule has 1 atom stereocenters. The van der Waals surface area contributed by atoms with E-state index in [-0.39, 0.29) is 11.2 Å². The van der Waals surface area contributed by atoms with Gasteiger partial charge >= 0.3 is 0 Å². The summed E-state index contributed by atoms with van der Waals surface area (Å²) in [4.78, 5) is 14.3. The topological polar surface area (TPSA) is 72.3 Å². The number of ether oxygens (including phenoxy) is 1. The molecular formula is C17H23N5O2S. The lowest BCUT2D eigenvalue weighted by atomic mass is 10.3. The molecule has 3 rings (SSSR count). The highest BCUT2D eigenvalue weighted by atomic mass is 32.2. The maximum atomic E-state index is 12.1. The molecule has 8 heteroatoms. The van der Waals surface area contributed by atoms with Gasteiger partial charge in [0.15, 0.2) is 5.16 Å². The Morgan fingerprint density at radius 2 is 2.00 bits per heavy atom. The molecule has 7 nitrogen and oxygen atoms in total. The lowest BCUT2D eigenvalue weighted by molar-refractivity contribution is -0.120. The highest BCUT2D eigenvalue weighted by Gasteiger charge is 2.24. The van der Waals surface area contributed by atoms with Crippen molar-refractivity contribution in [3.63, 3.8) is 0 Å². The van der Waals surface area contributed by atoms with Crippen molar-refractivity contribution >= 4 is 23.6 Å². The SMILES string of the molecule is CCNC(=O)[C@H](C)Sc1nnc(N2CCOCC2)n1-c1ccccc1. The fourth-order valence-corrected chi connectivity index (χ4v) is 3.53. The van der Waals surface area contributed by atoms with Gasteiger partial charge in [-0.15, -0.1) is 10.2 Å². The van der Waals surface area contributed by atoms with Crippen LogP contribution in [-0.4, -0.2) is 58.8 Å². The summed E-state index contributed by atoms with van der Waals surface area (Å²) in [7, 11) is 0. The highest BCUT2D eigenvalue weighted by molar-refractivity contribution is 8.00. The molecule has 1 saturated heterocycles. The van der Waals surface area contributed by atoms with Gasteiger partial charge in [-0.2, -0.15) is 0 Å². The maximum Gasteiger partial charge on any atom is 0.233 e. The van der Waals surface area contributed by atoms with Gasteiger partial charge in [0.25, 0.3) is 0 Å². The van der Waals surface area contributed by atoms with Crippen LogP contribution in [0.2, 0.25) is 0 Å². The summed E-state index contributed by atoms with van der Waals surface area (Å²) in [6.07, 6.45) is 0. The minimum absolute atomic E-state index is 0.00281. The second-order valence-corrected chi connectivity index (χ2v) is 7.02. The van der Waals surface area contributed by atoms with Gasteiger partial charge in [0, 0.05) is 19.6 Å². The predicted octanol–water partition coefficient (Wildman–Crippen LogP) is 1.72. The molecule has 2 heterocycles. The van der Waals surface area contributed by atoms with E-state index in [1.54, 1.807) is 0 Å². The predicted molar refractivity (Wildman–Crippen MR) is 98.4 cm³/mol. The molecule has 1 aliphatic rings. The van der Waals surface area contributed by atoms with Gasteiger partial charge in [0.1, 0.15) is 0 Å². The van der Waals surface area contributed by atoms with E-state index in [1.165, 1.54) is 11.8 Å². The smallest absolute Gasteiger partial charge is 0.233 e. The van der Waals surface area contributed by atoms with E-state index in [1.807, 2.05) is 48.7 Å². The second-order valence-electron chi connectivity index (χ2n) is 5.71. The molecule has 0 bridgehead atoms. The molecule has 0 aliphatic carbocycles. The molecule has 0 spiro atoms. The monoisotopic (exact) mass is 361 g/mol. The van der Waals surface area contributed by atoms with E-state index in [2.05, 4.69) is 20.4 Å². The Morgan fingerprint density at radius 3 is 2.68 bits per heavy atom. The standard InChI is InChI=1S/C17H23N5O2S/c1-3-18-15(23)13(2)25-17-20-19-16(21-9-11-24-12-10-21)22(17)14-7-5-4-6-8-14/h4-8,13H,3,9-12H2,1-2H3,(H,18,23)/t13-/m0/s1. The van der Waals surface area contributed by atoms with Gasteiger partial charge in [0.05, 0.1) is 24.2 Å². The van der Waals surface area contributed by atoms with Gasteiger partial charge in [-0.05, 0) is 26.0 Å². The molecule has 1 aromatic heterocycles. The number of nitrogens with one attached hydrogen (secondary N) is 1. The van der Waals surface area contributed by atoms with E-state index in [4.69, 9.17) is 4.74 Å². The summed E-state index contributed by atoms with van der Waals surface area (Å²) in [6.45, 7) is 7.34. The fraction of sp³-hybridized carbons (Fsp3) is 0.471. The van der Waals surface area contributed by atoms with Crippen LogP contribution in [0.3, 0.4) is 0 Å². The molecule has 1 aliphatic heterocycles. The number of anilines is 1. The van der Waals surface area contributed by atoms with Crippen molar-refractivity contribution in [2.45, 2.75) is 24.3 Å². The highest BCUT2D eigenvalue weighted by Crippen LogP contribution is 2.29. The van der Waals surface area contributed by atoms with E-state index < -0.39 is 0 Å². The summed E-state index contributed by atoms with van der Waals surface area (Å²) in [6, 6.07) is 9.99. The van der Waals surface area contributed by atoms with Gasteiger partial charge in [-0.1, -0.05) is 30.0 Å². The first-order valence-electron chi connectivity index (χ1n) is 8.48. The third-order valence-electron chi connectivity index (χ3n) is 3.93. The number of nitrogens with zero attached hydrogens (tertiary/aromatic N) is 4. The Hall–Kier alpha value is -2.06. The van der Waals surface area contributed by atoms with E-state index >= 15 is 0 Å². The number of carbonyl (C=O) groups is 1. The van der Waals surface area contributed by atoms with Crippen LogP contribution in [0.25, 0.3) is 5.69 Å². The number of hydrogen-bond donors (Lipinski definition) is 1. The van der Waals surface area contributed by atoms with E-state index in [0.717, 1.165) is 24.7 Å². The van der Waals surface area contributed by atoms with Crippen molar-refractivity contribution in [1.82, 2.24) is 20.1 Å². The molecule has 134 valence electrons. The van der Waals surface area contributed by atoms with Gasteiger partial charge < -0.3 is 15.0 Å². The van der Waals surface area contributed by atoms with Crippen LogP contribution < -0.4 is 10.2 Å². The largest absolute Gasteiger partial charge is 0.378 e. The summed E-state index contributed by atoms with van der Waals surface area (Å²) in [5, 5.41) is 12.1. The number of benzene rings is 1. The zero-order valence-electron chi connectivity index (χ0n) is 14.5. The zero-order valence-corrected chi connectivity index (χ0v) is 15.3. The van der Waals surface area contributed by atoms with Crippen molar-refractivity contribution < 1.29 is 9.53 Å². The Morgan fingerprint density at radius 1 is 1.28 bits per heavy atom. The molecule has 0 unspecified atom stereocenters. The van der Waals surface area contributed by atoms with Crippen LogP contribution in [0.5, 0.6) is 0 Å². The van der Waals surface area contributed by atoms with Crippen LogP contribution in [0, 0.1) is 0 Å². The number of aromatic nitrogens is 3. The Kier molecular flexibility index (Phi) is 5.93. The molecule has 1 fully saturated rings. The van der Waals surface area contributed by atoms with Crippen molar-refractivity contribution in [1.29, 1.82) is 0 Å². The third-order valence-corrected chi connectivity index (χ3v) is 4.97. The summed E-state index contributed by atoms with van der Waals surface area (Å²) in [5.41, 5.74) is 0.986. The number of amides is 1. The zero-order chi connectivity index (χ0) is 17.6. The first kappa shape index (κ1) is 17.8. The van der Waals surface area contributed by atoms with Crippen molar-refractivity contribution in [3.8, 4) is 5.69 Å². The minimum atomic E-state index is -0.246. The average molecular weight is 361 g/mol. The molecular weight excluding hydrogens is 338 g/mol. The number of rotatable bonds is 6. The van der Waals surface area contributed by atoms with Crippen molar-refractivity contribution in [2.24, 2.45) is 0 Å². The molecule has 1 amide bonds. The van der Waals surface area contributed by atoms with Crippen molar-refractivity contribution in [2.75, 3.05) is 37.7 Å². The molecule has 2 aromatic rings. The average Bonchev–Trinajstić information content (AvgIpc) is 3.07. The molecule has 0 saturated carbocycles. The van der Waals surface area contributed by atoms with Crippen LogP contribution in [0.1, 0.15) is 13.8 Å². The fourth-order valence-electron chi connectivity index (χ4n) is 2.64. The number of morpholine rings is 1. The van der Waals surface area contributed by atoms with Crippen LogP contribution >= 0.6 is 11.8 Å². The van der Waals surface area contributed by atoms with Gasteiger partial charge in [-0.3, -0.25) is 9.36 Å². The Bertz CT molecular complexity index is 700. The first-order valence-corrected chi connectivity index (χ1v) is 9.36. The van der Waals surface area contributed by atoms with Gasteiger partial charge in [-0.25, -0.2) is 0 Å². The Labute approximate surface area is 151 Å². The minimum Gasteiger partial charge on any atom is -0.378 e. The van der Waals surface area contributed by atoms with E-state index in [9.17, 15) is 4.79 Å². The summed E-state index contributed by atoms with van der Waals surface area (Å²) in [5.74, 6) is 0.795.